The number of aliphatic hydroxyl groups excluding tert-OH is 1. The maximum Gasteiger partial charge on any atom is 0.164 e. The van der Waals surface area contributed by atoms with Crippen LogP contribution in [0.1, 0.15) is 11.6 Å². The third-order valence-electron chi connectivity index (χ3n) is 2.33. The molecule has 0 aliphatic rings. The van der Waals surface area contributed by atoms with Crippen molar-refractivity contribution in [2.24, 2.45) is 5.73 Å². The Balaban J connectivity index is 3.25. The van der Waals surface area contributed by atoms with Gasteiger partial charge in [0.15, 0.2) is 11.5 Å². The summed E-state index contributed by atoms with van der Waals surface area (Å²) in [5.41, 5.74) is 6.44. The van der Waals surface area contributed by atoms with Gasteiger partial charge in [0.25, 0.3) is 0 Å². The minimum atomic E-state index is -0.505. The van der Waals surface area contributed by atoms with Crippen LogP contribution in [0.4, 0.5) is 0 Å². The van der Waals surface area contributed by atoms with E-state index in [0.29, 0.717) is 22.8 Å². The first-order chi connectivity index (χ1) is 7.67. The third-order valence-corrected chi connectivity index (χ3v) is 2.33. The molecule has 5 nitrogen and oxygen atoms in total. The maximum atomic E-state index is 9.05. The molecular weight excluding hydrogens is 210 g/mol. The van der Waals surface area contributed by atoms with Crippen LogP contribution in [0, 0.1) is 0 Å². The third kappa shape index (κ3) is 2.37. The van der Waals surface area contributed by atoms with Gasteiger partial charge >= 0.3 is 0 Å². The van der Waals surface area contributed by atoms with Crippen LogP contribution in [-0.4, -0.2) is 33.0 Å². The number of hydrogen-bond acceptors (Lipinski definition) is 5. The fourth-order valence-corrected chi connectivity index (χ4v) is 1.44. The maximum absolute atomic E-state index is 9.05. The van der Waals surface area contributed by atoms with E-state index < -0.39 is 6.04 Å². The first-order valence-corrected chi connectivity index (χ1v) is 4.84. The van der Waals surface area contributed by atoms with E-state index in [9.17, 15) is 0 Å². The van der Waals surface area contributed by atoms with Gasteiger partial charge in [0, 0.05) is 11.6 Å². The molecule has 1 atom stereocenters. The van der Waals surface area contributed by atoms with Gasteiger partial charge in [-0.2, -0.15) is 0 Å². The van der Waals surface area contributed by atoms with Crippen LogP contribution in [0.3, 0.4) is 0 Å². The van der Waals surface area contributed by atoms with Crippen LogP contribution >= 0.6 is 0 Å². The highest BCUT2D eigenvalue weighted by Gasteiger charge is 2.16. The molecule has 0 spiro atoms. The van der Waals surface area contributed by atoms with E-state index >= 15 is 0 Å². The Morgan fingerprint density at radius 1 is 1.06 bits per heavy atom. The van der Waals surface area contributed by atoms with E-state index in [-0.39, 0.29) is 6.61 Å². The predicted octanol–water partition coefficient (Wildman–Crippen LogP) is 0.704. The highest BCUT2D eigenvalue weighted by molar-refractivity contribution is 5.51. The van der Waals surface area contributed by atoms with Gasteiger partial charge in [-0.05, 0) is 6.07 Å². The number of rotatable bonds is 5. The SMILES string of the molecule is COc1cc(OC)c(C(N)CO)cc1OC. The van der Waals surface area contributed by atoms with Gasteiger partial charge < -0.3 is 25.1 Å². The van der Waals surface area contributed by atoms with E-state index in [1.54, 1.807) is 26.4 Å². The molecule has 90 valence electrons. The van der Waals surface area contributed by atoms with E-state index in [4.69, 9.17) is 25.1 Å². The summed E-state index contributed by atoms with van der Waals surface area (Å²) >= 11 is 0. The van der Waals surface area contributed by atoms with Crippen molar-refractivity contribution in [3.63, 3.8) is 0 Å². The van der Waals surface area contributed by atoms with Gasteiger partial charge in [-0.15, -0.1) is 0 Å². The summed E-state index contributed by atoms with van der Waals surface area (Å²) in [5.74, 6) is 1.69. The predicted molar refractivity (Wildman–Crippen MR) is 60.1 cm³/mol. The standard InChI is InChI=1S/C11H17NO4/c1-14-9-5-11(16-3)10(15-2)4-7(9)8(12)6-13/h4-5,8,13H,6,12H2,1-3H3. The minimum absolute atomic E-state index is 0.161. The zero-order valence-corrected chi connectivity index (χ0v) is 9.69. The van der Waals surface area contributed by atoms with E-state index in [0.717, 1.165) is 0 Å². The summed E-state index contributed by atoms with van der Waals surface area (Å²) in [7, 11) is 4.62. The quantitative estimate of drug-likeness (QED) is 0.774. The molecule has 3 N–H and O–H groups in total. The van der Waals surface area contributed by atoms with E-state index in [1.807, 2.05) is 0 Å². The average molecular weight is 227 g/mol. The van der Waals surface area contributed by atoms with Crippen LogP contribution in [0.2, 0.25) is 0 Å². The Kier molecular flexibility index (Phi) is 4.39. The van der Waals surface area contributed by atoms with Crippen molar-refractivity contribution in [1.82, 2.24) is 0 Å². The molecule has 0 amide bonds. The number of nitrogens with two attached hydrogens (primary N) is 1. The highest BCUT2D eigenvalue weighted by Crippen LogP contribution is 2.36. The Morgan fingerprint density at radius 2 is 1.56 bits per heavy atom. The molecule has 1 unspecified atom stereocenters. The molecule has 0 heterocycles. The molecular formula is C11H17NO4. The fourth-order valence-electron chi connectivity index (χ4n) is 1.44. The van der Waals surface area contributed by atoms with Crippen molar-refractivity contribution in [3.05, 3.63) is 17.7 Å². The second-order valence-electron chi connectivity index (χ2n) is 3.24. The fraction of sp³-hybridized carbons (Fsp3) is 0.455. The molecule has 0 aliphatic heterocycles. The summed E-state index contributed by atoms with van der Waals surface area (Å²) < 4.78 is 15.5. The first kappa shape index (κ1) is 12.6. The van der Waals surface area contributed by atoms with E-state index in [1.165, 1.54) is 7.11 Å². The molecule has 0 saturated heterocycles. The lowest BCUT2D eigenvalue weighted by molar-refractivity contribution is 0.263. The Bertz CT molecular complexity index is 354. The summed E-state index contributed by atoms with van der Waals surface area (Å²) in [6.07, 6.45) is 0. The number of benzene rings is 1. The molecule has 0 fully saturated rings. The smallest absolute Gasteiger partial charge is 0.164 e. The van der Waals surface area contributed by atoms with Gasteiger partial charge in [0.1, 0.15) is 5.75 Å². The minimum Gasteiger partial charge on any atom is -0.496 e. The zero-order valence-electron chi connectivity index (χ0n) is 9.69. The first-order valence-electron chi connectivity index (χ1n) is 4.84. The van der Waals surface area contributed by atoms with Crippen LogP contribution in [-0.2, 0) is 0 Å². The number of methoxy groups -OCH3 is 3. The Morgan fingerprint density at radius 3 is 2.00 bits per heavy atom. The largest absolute Gasteiger partial charge is 0.496 e. The topological polar surface area (TPSA) is 73.9 Å². The number of ether oxygens (including phenoxy) is 3. The summed E-state index contributed by atoms with van der Waals surface area (Å²) in [4.78, 5) is 0. The molecule has 0 saturated carbocycles. The monoisotopic (exact) mass is 227 g/mol. The van der Waals surface area contributed by atoms with Crippen molar-refractivity contribution in [2.45, 2.75) is 6.04 Å². The van der Waals surface area contributed by atoms with Crippen LogP contribution in [0.15, 0.2) is 12.1 Å². The molecule has 1 aromatic carbocycles. The Hall–Kier alpha value is -1.46. The molecule has 0 bridgehead atoms. The molecule has 0 aromatic heterocycles. The number of aliphatic hydroxyl groups is 1. The zero-order chi connectivity index (χ0) is 12.1. The molecule has 5 heteroatoms. The second kappa shape index (κ2) is 5.58. The molecule has 1 aromatic rings. The van der Waals surface area contributed by atoms with Crippen molar-refractivity contribution in [2.75, 3.05) is 27.9 Å². The summed E-state index contributed by atoms with van der Waals surface area (Å²) in [6, 6.07) is 2.89. The molecule has 1 rings (SSSR count). The van der Waals surface area contributed by atoms with Gasteiger partial charge in [0.2, 0.25) is 0 Å². The van der Waals surface area contributed by atoms with Crippen LogP contribution < -0.4 is 19.9 Å². The Labute approximate surface area is 94.7 Å². The lowest BCUT2D eigenvalue weighted by Crippen LogP contribution is -2.15. The normalized spacial score (nSPS) is 12.1. The van der Waals surface area contributed by atoms with Crippen molar-refractivity contribution in [1.29, 1.82) is 0 Å². The van der Waals surface area contributed by atoms with Gasteiger partial charge in [0.05, 0.1) is 34.0 Å². The van der Waals surface area contributed by atoms with E-state index in [2.05, 4.69) is 0 Å². The van der Waals surface area contributed by atoms with Gasteiger partial charge in [-0.1, -0.05) is 0 Å². The number of hydrogen-bond donors (Lipinski definition) is 2. The van der Waals surface area contributed by atoms with Crippen LogP contribution in [0.25, 0.3) is 0 Å². The molecule has 0 aliphatic carbocycles. The van der Waals surface area contributed by atoms with Crippen molar-refractivity contribution >= 4 is 0 Å². The molecule has 0 radical (unpaired) electrons. The van der Waals surface area contributed by atoms with Crippen LogP contribution in [0.5, 0.6) is 17.2 Å². The van der Waals surface area contributed by atoms with Crippen molar-refractivity contribution in [3.8, 4) is 17.2 Å². The van der Waals surface area contributed by atoms with Gasteiger partial charge in [-0.25, -0.2) is 0 Å². The highest BCUT2D eigenvalue weighted by atomic mass is 16.5. The van der Waals surface area contributed by atoms with Crippen molar-refractivity contribution < 1.29 is 19.3 Å². The summed E-state index contributed by atoms with van der Waals surface area (Å²) in [6.45, 7) is -0.161. The summed E-state index contributed by atoms with van der Waals surface area (Å²) in [5, 5.41) is 9.05. The average Bonchev–Trinajstić information content (AvgIpc) is 2.35. The lowest BCUT2D eigenvalue weighted by atomic mass is 10.1. The molecule has 16 heavy (non-hydrogen) atoms. The second-order valence-corrected chi connectivity index (χ2v) is 3.24. The van der Waals surface area contributed by atoms with Gasteiger partial charge in [-0.3, -0.25) is 0 Å². The lowest BCUT2D eigenvalue weighted by Gasteiger charge is -2.17.